The van der Waals surface area contributed by atoms with Crippen LogP contribution in [0.15, 0.2) is 16.9 Å². The average Bonchev–Trinajstić information content (AvgIpc) is 2.79. The molecule has 0 unspecified atom stereocenters. The van der Waals surface area contributed by atoms with Crippen LogP contribution in [-0.4, -0.2) is 26.7 Å². The van der Waals surface area contributed by atoms with E-state index in [2.05, 4.69) is 15.1 Å². The van der Waals surface area contributed by atoms with Crippen molar-refractivity contribution in [3.63, 3.8) is 0 Å². The first-order valence-electron chi connectivity index (χ1n) is 7.05. The van der Waals surface area contributed by atoms with E-state index in [-0.39, 0.29) is 5.69 Å². The number of nitrogens with one attached hydrogen (secondary N) is 1. The van der Waals surface area contributed by atoms with Gasteiger partial charge >= 0.3 is 5.69 Å². The van der Waals surface area contributed by atoms with Crippen molar-refractivity contribution >= 4 is 5.65 Å². The second-order valence-corrected chi connectivity index (χ2v) is 5.39. The minimum Gasteiger partial charge on any atom is -0.496 e. The van der Waals surface area contributed by atoms with Crippen molar-refractivity contribution in [2.24, 2.45) is 0 Å². The lowest BCUT2D eigenvalue weighted by Crippen LogP contribution is -2.19. The molecule has 0 aliphatic rings. The van der Waals surface area contributed by atoms with E-state index in [1.165, 1.54) is 4.52 Å². The highest BCUT2D eigenvalue weighted by atomic mass is 16.5. The molecule has 22 heavy (non-hydrogen) atoms. The molecule has 0 saturated carbocycles. The lowest BCUT2D eigenvalue weighted by Gasteiger charge is -2.12. The Kier molecular flexibility index (Phi) is 3.24. The van der Waals surface area contributed by atoms with Crippen LogP contribution in [0.1, 0.15) is 22.6 Å². The fourth-order valence-electron chi connectivity index (χ4n) is 2.76. The average molecular weight is 298 g/mol. The number of H-pyrrole nitrogens is 1. The van der Waals surface area contributed by atoms with Gasteiger partial charge in [0.2, 0.25) is 0 Å². The zero-order valence-corrected chi connectivity index (χ0v) is 13.3. The maximum Gasteiger partial charge on any atom is 0.349 e. The van der Waals surface area contributed by atoms with Gasteiger partial charge in [0.05, 0.1) is 18.4 Å². The van der Waals surface area contributed by atoms with Gasteiger partial charge in [-0.3, -0.25) is 4.98 Å². The standard InChI is InChI=1S/C16H18N4O2/c1-8-9(2)13(22-5)7-6-12(8)14-10(3)19-20-15(14)17-11(4)18-16(20)21/h6-7H,1-5H3,(H,17,18,21). The summed E-state index contributed by atoms with van der Waals surface area (Å²) in [6.45, 7) is 7.71. The van der Waals surface area contributed by atoms with Crippen LogP contribution in [0.5, 0.6) is 5.75 Å². The zero-order valence-electron chi connectivity index (χ0n) is 13.3. The fourth-order valence-corrected chi connectivity index (χ4v) is 2.76. The van der Waals surface area contributed by atoms with E-state index in [1.807, 2.05) is 32.9 Å². The van der Waals surface area contributed by atoms with Gasteiger partial charge < -0.3 is 4.74 Å². The summed E-state index contributed by atoms with van der Waals surface area (Å²) in [5, 5.41) is 4.32. The van der Waals surface area contributed by atoms with Crippen molar-refractivity contribution in [2.75, 3.05) is 7.11 Å². The number of hydrogen-bond acceptors (Lipinski definition) is 4. The predicted molar refractivity (Wildman–Crippen MR) is 84.5 cm³/mol. The van der Waals surface area contributed by atoms with Crippen molar-refractivity contribution in [3.05, 3.63) is 45.3 Å². The van der Waals surface area contributed by atoms with Crippen molar-refractivity contribution in [3.8, 4) is 16.9 Å². The van der Waals surface area contributed by atoms with E-state index in [1.54, 1.807) is 14.0 Å². The number of hydrogen-bond donors (Lipinski definition) is 1. The summed E-state index contributed by atoms with van der Waals surface area (Å²) in [7, 11) is 1.66. The molecule has 0 aliphatic heterocycles. The summed E-state index contributed by atoms with van der Waals surface area (Å²) < 4.78 is 6.68. The van der Waals surface area contributed by atoms with E-state index in [0.29, 0.717) is 11.5 Å². The summed E-state index contributed by atoms with van der Waals surface area (Å²) >= 11 is 0. The van der Waals surface area contributed by atoms with Gasteiger partial charge in [0.15, 0.2) is 5.65 Å². The van der Waals surface area contributed by atoms with Crippen LogP contribution in [0.4, 0.5) is 0 Å². The van der Waals surface area contributed by atoms with Gasteiger partial charge in [-0.05, 0) is 50.5 Å². The topological polar surface area (TPSA) is 72.3 Å². The van der Waals surface area contributed by atoms with Gasteiger partial charge in [0.25, 0.3) is 0 Å². The molecule has 2 aromatic heterocycles. The first kappa shape index (κ1) is 14.3. The normalized spacial score (nSPS) is 11.1. The van der Waals surface area contributed by atoms with Gasteiger partial charge in [-0.2, -0.15) is 9.61 Å². The van der Waals surface area contributed by atoms with Crippen LogP contribution in [0.2, 0.25) is 0 Å². The van der Waals surface area contributed by atoms with Gasteiger partial charge in [-0.1, -0.05) is 6.07 Å². The summed E-state index contributed by atoms with van der Waals surface area (Å²) in [6, 6.07) is 3.92. The molecule has 6 nitrogen and oxygen atoms in total. The molecule has 0 spiro atoms. The molecule has 0 atom stereocenters. The van der Waals surface area contributed by atoms with E-state index >= 15 is 0 Å². The molecule has 3 rings (SSSR count). The van der Waals surface area contributed by atoms with Crippen LogP contribution in [0.25, 0.3) is 16.8 Å². The molecule has 2 heterocycles. The van der Waals surface area contributed by atoms with Gasteiger partial charge in [0, 0.05) is 0 Å². The molecule has 0 aliphatic carbocycles. The molecule has 0 bridgehead atoms. The Hall–Kier alpha value is -2.63. The van der Waals surface area contributed by atoms with Crippen molar-refractivity contribution in [1.29, 1.82) is 0 Å². The number of methoxy groups -OCH3 is 1. The smallest absolute Gasteiger partial charge is 0.349 e. The molecule has 0 radical (unpaired) electrons. The Bertz CT molecular complexity index is 937. The number of aryl methyl sites for hydroxylation is 2. The first-order chi connectivity index (χ1) is 10.4. The summed E-state index contributed by atoms with van der Waals surface area (Å²) in [5.41, 5.74) is 5.14. The highest BCUT2D eigenvalue weighted by Gasteiger charge is 2.18. The molecule has 0 fully saturated rings. The van der Waals surface area contributed by atoms with E-state index < -0.39 is 0 Å². The van der Waals surface area contributed by atoms with Gasteiger partial charge in [-0.25, -0.2) is 9.78 Å². The number of rotatable bonds is 2. The number of aromatic amines is 1. The second-order valence-electron chi connectivity index (χ2n) is 5.39. The molecular formula is C16H18N4O2. The maximum atomic E-state index is 12.0. The van der Waals surface area contributed by atoms with Gasteiger partial charge in [0.1, 0.15) is 11.6 Å². The van der Waals surface area contributed by atoms with E-state index in [0.717, 1.165) is 33.7 Å². The third-order valence-electron chi connectivity index (χ3n) is 4.02. The third-order valence-corrected chi connectivity index (χ3v) is 4.02. The summed E-state index contributed by atoms with van der Waals surface area (Å²) in [6.07, 6.45) is 0. The Morgan fingerprint density at radius 2 is 1.86 bits per heavy atom. The Morgan fingerprint density at radius 1 is 1.14 bits per heavy atom. The number of fused-ring (bicyclic) bond motifs is 1. The van der Waals surface area contributed by atoms with Crippen LogP contribution in [0, 0.1) is 27.7 Å². The van der Waals surface area contributed by atoms with E-state index in [9.17, 15) is 4.79 Å². The molecule has 6 heteroatoms. The summed E-state index contributed by atoms with van der Waals surface area (Å²) in [5.74, 6) is 1.42. The predicted octanol–water partition coefficient (Wildman–Crippen LogP) is 2.33. The summed E-state index contributed by atoms with van der Waals surface area (Å²) in [4.78, 5) is 19.2. The SMILES string of the molecule is COc1ccc(-c2c(C)nn3c(=O)[nH]c(C)nc23)c(C)c1C. The fraction of sp³-hybridized carbons (Fsp3) is 0.312. The number of aromatic nitrogens is 4. The highest BCUT2D eigenvalue weighted by Crippen LogP contribution is 2.34. The van der Waals surface area contributed by atoms with E-state index in [4.69, 9.17) is 4.74 Å². The molecule has 3 aromatic rings. The second kappa shape index (κ2) is 4.98. The number of nitrogens with zero attached hydrogens (tertiary/aromatic N) is 3. The molecular weight excluding hydrogens is 280 g/mol. The monoisotopic (exact) mass is 298 g/mol. The van der Waals surface area contributed by atoms with Crippen LogP contribution >= 0.6 is 0 Å². The van der Waals surface area contributed by atoms with Crippen molar-refractivity contribution in [2.45, 2.75) is 27.7 Å². The van der Waals surface area contributed by atoms with Crippen LogP contribution in [-0.2, 0) is 0 Å². The Morgan fingerprint density at radius 3 is 2.55 bits per heavy atom. The minimum absolute atomic E-state index is 0.278. The first-order valence-corrected chi connectivity index (χ1v) is 7.05. The van der Waals surface area contributed by atoms with Crippen molar-refractivity contribution in [1.82, 2.24) is 19.6 Å². The Balaban J connectivity index is 2.38. The van der Waals surface area contributed by atoms with Crippen LogP contribution < -0.4 is 10.4 Å². The zero-order chi connectivity index (χ0) is 16.0. The number of ether oxygens (including phenoxy) is 1. The molecule has 114 valence electrons. The lowest BCUT2D eigenvalue weighted by atomic mass is 9.96. The maximum absolute atomic E-state index is 12.0. The molecule has 1 aromatic carbocycles. The molecule has 0 amide bonds. The highest BCUT2D eigenvalue weighted by molar-refractivity contribution is 5.82. The van der Waals surface area contributed by atoms with Gasteiger partial charge in [-0.15, -0.1) is 0 Å². The largest absolute Gasteiger partial charge is 0.496 e. The van der Waals surface area contributed by atoms with Crippen molar-refractivity contribution < 1.29 is 4.74 Å². The Labute approximate surface area is 127 Å². The number of benzene rings is 1. The van der Waals surface area contributed by atoms with Crippen LogP contribution in [0.3, 0.4) is 0 Å². The lowest BCUT2D eigenvalue weighted by molar-refractivity contribution is 0.411. The molecule has 0 saturated heterocycles. The minimum atomic E-state index is -0.278. The quantitative estimate of drug-likeness (QED) is 0.788. The molecule has 1 N–H and O–H groups in total. The third kappa shape index (κ3) is 1.99.